The Bertz CT molecular complexity index is 360. The van der Waals surface area contributed by atoms with Crippen molar-refractivity contribution in [1.82, 2.24) is 20.5 Å². The summed E-state index contributed by atoms with van der Waals surface area (Å²) in [6, 6.07) is 0. The minimum Gasteiger partial charge on any atom is -0.349 e. The molecule has 102 valence electrons. The van der Waals surface area contributed by atoms with Crippen molar-refractivity contribution in [2.24, 2.45) is 5.92 Å². The molecular weight excluding hydrogens is 228 g/mol. The molecule has 0 unspecified atom stereocenters. The number of carbonyl (C=O) groups is 1. The standard InChI is InChI=1S/C13H24N4O/c1-4-7-11-15-12(17-16-11)13(18)14-9-6-5-8-10(2)3/h10H,4-9H2,1-3H3,(H,14,18)(H,15,16,17). The molecule has 18 heavy (non-hydrogen) atoms. The van der Waals surface area contributed by atoms with Gasteiger partial charge in [0.1, 0.15) is 5.82 Å². The number of hydrogen-bond donors (Lipinski definition) is 2. The summed E-state index contributed by atoms with van der Waals surface area (Å²) < 4.78 is 0. The van der Waals surface area contributed by atoms with Gasteiger partial charge in [0.25, 0.3) is 5.91 Å². The smallest absolute Gasteiger partial charge is 0.290 e. The SMILES string of the molecule is CCCc1nc(C(=O)NCCCCC(C)C)n[nH]1. The van der Waals surface area contributed by atoms with Gasteiger partial charge in [0, 0.05) is 13.0 Å². The van der Waals surface area contributed by atoms with Crippen LogP contribution in [0.1, 0.15) is 62.9 Å². The first-order valence-corrected chi connectivity index (χ1v) is 6.83. The molecule has 0 aromatic carbocycles. The molecule has 2 N–H and O–H groups in total. The fourth-order valence-corrected chi connectivity index (χ4v) is 1.70. The van der Waals surface area contributed by atoms with Gasteiger partial charge in [-0.15, -0.1) is 5.10 Å². The zero-order valence-corrected chi connectivity index (χ0v) is 11.6. The Morgan fingerprint density at radius 1 is 1.39 bits per heavy atom. The van der Waals surface area contributed by atoms with Gasteiger partial charge in [-0.1, -0.05) is 33.6 Å². The zero-order chi connectivity index (χ0) is 13.4. The van der Waals surface area contributed by atoms with Gasteiger partial charge in [0.15, 0.2) is 0 Å². The van der Waals surface area contributed by atoms with E-state index in [1.54, 1.807) is 0 Å². The highest BCUT2D eigenvalue weighted by atomic mass is 16.2. The molecule has 1 rings (SSSR count). The number of H-pyrrole nitrogens is 1. The number of aromatic amines is 1. The Labute approximate surface area is 109 Å². The molecule has 0 aliphatic heterocycles. The molecule has 1 aromatic heterocycles. The van der Waals surface area contributed by atoms with Crippen LogP contribution in [-0.2, 0) is 6.42 Å². The first-order chi connectivity index (χ1) is 8.63. The fourth-order valence-electron chi connectivity index (χ4n) is 1.70. The van der Waals surface area contributed by atoms with Gasteiger partial charge >= 0.3 is 0 Å². The predicted molar refractivity (Wildman–Crippen MR) is 71.4 cm³/mol. The lowest BCUT2D eigenvalue weighted by Gasteiger charge is -2.04. The van der Waals surface area contributed by atoms with E-state index < -0.39 is 0 Å². The highest BCUT2D eigenvalue weighted by molar-refractivity contribution is 5.90. The molecule has 1 heterocycles. The monoisotopic (exact) mass is 252 g/mol. The van der Waals surface area contributed by atoms with Gasteiger partial charge < -0.3 is 5.32 Å². The average molecular weight is 252 g/mol. The third-order valence-electron chi connectivity index (χ3n) is 2.72. The number of aryl methyl sites for hydroxylation is 1. The molecule has 0 saturated carbocycles. The Balaban J connectivity index is 2.23. The fraction of sp³-hybridized carbons (Fsp3) is 0.769. The second-order valence-corrected chi connectivity index (χ2v) is 5.00. The van der Waals surface area contributed by atoms with Crippen LogP contribution in [0.4, 0.5) is 0 Å². The summed E-state index contributed by atoms with van der Waals surface area (Å²) >= 11 is 0. The van der Waals surface area contributed by atoms with Crippen molar-refractivity contribution in [3.63, 3.8) is 0 Å². The van der Waals surface area contributed by atoms with Gasteiger partial charge in [-0.3, -0.25) is 9.89 Å². The number of hydrogen-bond acceptors (Lipinski definition) is 3. The Kier molecular flexibility index (Phi) is 6.39. The molecule has 0 bridgehead atoms. The summed E-state index contributed by atoms with van der Waals surface area (Å²) in [5, 5.41) is 9.54. The second kappa shape index (κ2) is 7.84. The van der Waals surface area contributed by atoms with E-state index in [0.29, 0.717) is 6.54 Å². The largest absolute Gasteiger partial charge is 0.349 e. The Morgan fingerprint density at radius 2 is 2.17 bits per heavy atom. The van der Waals surface area contributed by atoms with Crippen molar-refractivity contribution in [2.75, 3.05) is 6.54 Å². The van der Waals surface area contributed by atoms with E-state index in [1.807, 2.05) is 0 Å². The molecule has 0 saturated heterocycles. The molecule has 0 atom stereocenters. The lowest BCUT2D eigenvalue weighted by Crippen LogP contribution is -2.25. The van der Waals surface area contributed by atoms with E-state index in [-0.39, 0.29) is 11.7 Å². The molecule has 0 fully saturated rings. The normalized spacial score (nSPS) is 10.9. The van der Waals surface area contributed by atoms with Crippen LogP contribution in [0, 0.1) is 5.92 Å². The molecule has 0 aliphatic rings. The Hall–Kier alpha value is -1.39. The molecule has 5 heteroatoms. The van der Waals surface area contributed by atoms with E-state index in [1.165, 1.54) is 6.42 Å². The van der Waals surface area contributed by atoms with E-state index in [4.69, 9.17) is 0 Å². The number of unbranched alkanes of at least 4 members (excludes halogenated alkanes) is 1. The highest BCUT2D eigenvalue weighted by Gasteiger charge is 2.11. The third-order valence-corrected chi connectivity index (χ3v) is 2.72. The topological polar surface area (TPSA) is 70.7 Å². The summed E-state index contributed by atoms with van der Waals surface area (Å²) in [5.74, 6) is 1.58. The number of nitrogens with zero attached hydrogens (tertiary/aromatic N) is 2. The lowest BCUT2D eigenvalue weighted by molar-refractivity contribution is 0.0943. The summed E-state index contributed by atoms with van der Waals surface area (Å²) in [7, 11) is 0. The van der Waals surface area contributed by atoms with Crippen LogP contribution >= 0.6 is 0 Å². The van der Waals surface area contributed by atoms with Crippen molar-refractivity contribution < 1.29 is 4.79 Å². The number of rotatable bonds is 8. The van der Waals surface area contributed by atoms with Crippen molar-refractivity contribution in [3.05, 3.63) is 11.6 Å². The Morgan fingerprint density at radius 3 is 2.83 bits per heavy atom. The number of carbonyl (C=O) groups excluding carboxylic acids is 1. The number of aromatic nitrogens is 3. The van der Waals surface area contributed by atoms with Gasteiger partial charge in [-0.2, -0.15) is 0 Å². The van der Waals surface area contributed by atoms with Crippen LogP contribution in [-0.4, -0.2) is 27.6 Å². The molecule has 0 aliphatic carbocycles. The van der Waals surface area contributed by atoms with Gasteiger partial charge in [0.05, 0.1) is 0 Å². The summed E-state index contributed by atoms with van der Waals surface area (Å²) in [6.45, 7) is 7.18. The maximum atomic E-state index is 11.7. The third kappa shape index (κ3) is 5.29. The zero-order valence-electron chi connectivity index (χ0n) is 11.6. The lowest BCUT2D eigenvalue weighted by atomic mass is 10.1. The van der Waals surface area contributed by atoms with Crippen LogP contribution in [0.25, 0.3) is 0 Å². The quantitative estimate of drug-likeness (QED) is 0.697. The van der Waals surface area contributed by atoms with Gasteiger partial charge in [-0.05, 0) is 18.8 Å². The first kappa shape index (κ1) is 14.7. The van der Waals surface area contributed by atoms with E-state index in [9.17, 15) is 4.79 Å². The molecule has 0 spiro atoms. The van der Waals surface area contributed by atoms with Gasteiger partial charge in [-0.25, -0.2) is 4.98 Å². The van der Waals surface area contributed by atoms with Crippen LogP contribution < -0.4 is 5.32 Å². The maximum absolute atomic E-state index is 11.7. The van der Waals surface area contributed by atoms with Crippen LogP contribution in [0.5, 0.6) is 0 Å². The summed E-state index contributed by atoms with van der Waals surface area (Å²) in [5.41, 5.74) is 0. The van der Waals surface area contributed by atoms with E-state index >= 15 is 0 Å². The minimum absolute atomic E-state index is 0.182. The van der Waals surface area contributed by atoms with Crippen molar-refractivity contribution in [1.29, 1.82) is 0 Å². The van der Waals surface area contributed by atoms with Crippen LogP contribution in [0.2, 0.25) is 0 Å². The highest BCUT2D eigenvalue weighted by Crippen LogP contribution is 2.05. The number of nitrogens with one attached hydrogen (secondary N) is 2. The van der Waals surface area contributed by atoms with Crippen molar-refractivity contribution >= 4 is 5.91 Å². The predicted octanol–water partition coefficient (Wildman–Crippen LogP) is 2.31. The first-order valence-electron chi connectivity index (χ1n) is 6.83. The second-order valence-electron chi connectivity index (χ2n) is 5.00. The van der Waals surface area contributed by atoms with Crippen LogP contribution in [0.15, 0.2) is 0 Å². The van der Waals surface area contributed by atoms with Crippen molar-refractivity contribution in [3.8, 4) is 0 Å². The summed E-state index contributed by atoms with van der Waals surface area (Å²) in [6.07, 6.45) is 5.18. The molecule has 5 nitrogen and oxygen atoms in total. The number of amides is 1. The average Bonchev–Trinajstić information content (AvgIpc) is 2.77. The molecule has 0 radical (unpaired) electrons. The molecule has 1 amide bonds. The minimum atomic E-state index is -0.182. The van der Waals surface area contributed by atoms with Gasteiger partial charge in [0.2, 0.25) is 5.82 Å². The van der Waals surface area contributed by atoms with E-state index in [0.717, 1.165) is 37.4 Å². The van der Waals surface area contributed by atoms with E-state index in [2.05, 4.69) is 41.3 Å². The van der Waals surface area contributed by atoms with Crippen molar-refractivity contribution in [2.45, 2.75) is 52.9 Å². The van der Waals surface area contributed by atoms with Crippen LogP contribution in [0.3, 0.4) is 0 Å². The molecule has 1 aromatic rings. The molecular formula is C13H24N4O. The summed E-state index contributed by atoms with van der Waals surface area (Å²) in [4.78, 5) is 15.9. The maximum Gasteiger partial charge on any atom is 0.290 e.